The third kappa shape index (κ3) is 5.05. The first-order valence-corrected chi connectivity index (χ1v) is 13.5. The molecule has 0 saturated heterocycles. The van der Waals surface area contributed by atoms with E-state index in [4.69, 9.17) is 23.2 Å². The van der Waals surface area contributed by atoms with Crippen LogP contribution in [0.1, 0.15) is 25.1 Å². The molecule has 6 nitrogen and oxygen atoms in total. The second kappa shape index (κ2) is 9.61. The van der Waals surface area contributed by atoms with Crippen molar-refractivity contribution >= 4 is 33.0 Å². The van der Waals surface area contributed by atoms with Crippen molar-refractivity contribution in [2.45, 2.75) is 31.0 Å². The molecule has 1 aromatic heterocycles. The Morgan fingerprint density at radius 2 is 1.72 bits per heavy atom. The normalized spacial score (nSPS) is 12.2. The van der Waals surface area contributed by atoms with E-state index in [0.717, 1.165) is 6.26 Å². The topological polar surface area (TPSA) is 92.4 Å². The van der Waals surface area contributed by atoms with E-state index < -0.39 is 27.9 Å². The fourth-order valence-corrected chi connectivity index (χ4v) is 5.25. The molecule has 0 unspecified atom stereocenters. The molecular weight excluding hydrogens is 526 g/mol. The summed E-state index contributed by atoms with van der Waals surface area (Å²) in [6, 6.07) is 14.3. The lowest BCUT2D eigenvalue weighted by molar-refractivity contribution is 0.0743. The van der Waals surface area contributed by atoms with Crippen LogP contribution in [0.3, 0.4) is 0 Å². The van der Waals surface area contributed by atoms with Crippen LogP contribution >= 0.6 is 23.2 Å². The van der Waals surface area contributed by atoms with E-state index >= 15 is 0 Å². The van der Waals surface area contributed by atoms with Gasteiger partial charge in [-0.1, -0.05) is 47.5 Å². The third-order valence-electron chi connectivity index (χ3n) is 5.70. The lowest BCUT2D eigenvalue weighted by Gasteiger charge is -2.14. The maximum atomic E-state index is 14.2. The summed E-state index contributed by atoms with van der Waals surface area (Å²) in [4.78, 5) is 4.56. The first-order valence-electron chi connectivity index (χ1n) is 10.8. The Balaban J connectivity index is 1.87. The van der Waals surface area contributed by atoms with Crippen LogP contribution in [-0.4, -0.2) is 34.4 Å². The largest absolute Gasteiger partial charge is 0.392 e. The first-order chi connectivity index (χ1) is 16.8. The van der Waals surface area contributed by atoms with E-state index in [1.165, 1.54) is 18.2 Å². The molecule has 4 rings (SSSR count). The predicted molar refractivity (Wildman–Crippen MR) is 139 cm³/mol. The summed E-state index contributed by atoms with van der Waals surface area (Å²) in [5.74, 6) is -0.319. The summed E-state index contributed by atoms with van der Waals surface area (Å²) < 4.78 is 40.3. The Morgan fingerprint density at radius 1 is 1.06 bits per heavy atom. The number of rotatable bonds is 6. The highest BCUT2D eigenvalue weighted by atomic mass is 35.5. The highest BCUT2D eigenvalue weighted by molar-refractivity contribution is 7.90. The van der Waals surface area contributed by atoms with E-state index in [1.807, 2.05) is 0 Å². The standard InChI is InChI=1S/C26H23Cl2FN2O4S/c1-26(2,33)23-13-31(25(30-23)18-5-4-6-20(29)24(18)28)21-10-9-15(11-19(21)27)16-7-8-17(14-32)22(12-16)36(3,34)35/h4-13,32-33H,14H2,1-3H3. The van der Waals surface area contributed by atoms with Gasteiger partial charge in [0.25, 0.3) is 0 Å². The molecule has 0 spiro atoms. The van der Waals surface area contributed by atoms with Gasteiger partial charge in [-0.25, -0.2) is 17.8 Å². The van der Waals surface area contributed by atoms with Crippen LogP contribution in [0.4, 0.5) is 4.39 Å². The lowest BCUT2D eigenvalue weighted by atomic mass is 10.0. The zero-order valence-electron chi connectivity index (χ0n) is 19.6. The minimum atomic E-state index is -3.56. The number of hydrogen-bond acceptors (Lipinski definition) is 5. The van der Waals surface area contributed by atoms with Crippen molar-refractivity contribution in [1.29, 1.82) is 0 Å². The Bertz CT molecular complexity index is 1580. The molecule has 0 amide bonds. The van der Waals surface area contributed by atoms with Crippen LogP contribution in [0.25, 0.3) is 28.2 Å². The van der Waals surface area contributed by atoms with Gasteiger partial charge in [-0.3, -0.25) is 4.57 Å². The molecule has 0 saturated carbocycles. The SMILES string of the molecule is CC(C)(O)c1cn(-c2ccc(-c3ccc(CO)c(S(C)(=O)=O)c3)cc2Cl)c(-c2cccc(F)c2Cl)n1. The molecular formula is C26H23Cl2FN2O4S. The van der Waals surface area contributed by atoms with Gasteiger partial charge in [0, 0.05) is 18.0 Å². The number of imidazole rings is 1. The summed E-state index contributed by atoms with van der Waals surface area (Å²) in [7, 11) is -3.56. The summed E-state index contributed by atoms with van der Waals surface area (Å²) >= 11 is 12.9. The quantitative estimate of drug-likeness (QED) is 0.318. The fourth-order valence-electron chi connectivity index (χ4n) is 3.82. The van der Waals surface area contributed by atoms with Crippen LogP contribution in [-0.2, 0) is 22.0 Å². The van der Waals surface area contributed by atoms with E-state index in [9.17, 15) is 23.0 Å². The van der Waals surface area contributed by atoms with Crippen LogP contribution in [0.15, 0.2) is 65.7 Å². The molecule has 3 aromatic carbocycles. The number of aromatic nitrogens is 2. The van der Waals surface area contributed by atoms with Crippen molar-refractivity contribution in [2.24, 2.45) is 0 Å². The van der Waals surface area contributed by atoms with Crippen molar-refractivity contribution in [3.8, 4) is 28.2 Å². The van der Waals surface area contributed by atoms with Crippen LogP contribution in [0, 0.1) is 5.82 Å². The van der Waals surface area contributed by atoms with Crippen LogP contribution in [0.2, 0.25) is 10.0 Å². The monoisotopic (exact) mass is 548 g/mol. The average Bonchev–Trinajstić information content (AvgIpc) is 3.25. The second-order valence-corrected chi connectivity index (χ2v) is 11.7. The molecule has 0 aliphatic carbocycles. The molecule has 0 atom stereocenters. The van der Waals surface area contributed by atoms with Crippen LogP contribution in [0.5, 0.6) is 0 Å². The summed E-state index contributed by atoms with van der Waals surface area (Å²) in [5.41, 5.74) is 1.40. The molecule has 0 fully saturated rings. The highest BCUT2D eigenvalue weighted by Gasteiger charge is 2.25. The first kappa shape index (κ1) is 26.3. The molecule has 0 aliphatic heterocycles. The van der Waals surface area contributed by atoms with Crippen molar-refractivity contribution in [1.82, 2.24) is 9.55 Å². The van der Waals surface area contributed by atoms with Gasteiger partial charge in [-0.05, 0) is 60.9 Å². The summed E-state index contributed by atoms with van der Waals surface area (Å²) in [5, 5.41) is 20.3. The minimum Gasteiger partial charge on any atom is -0.392 e. The summed E-state index contributed by atoms with van der Waals surface area (Å²) in [6.07, 6.45) is 2.69. The highest BCUT2D eigenvalue weighted by Crippen LogP contribution is 2.36. The van der Waals surface area contributed by atoms with Gasteiger partial charge in [0.2, 0.25) is 0 Å². The van der Waals surface area contributed by atoms with Crippen molar-refractivity contribution in [2.75, 3.05) is 6.26 Å². The van der Waals surface area contributed by atoms with Gasteiger partial charge in [0.1, 0.15) is 17.2 Å². The molecule has 36 heavy (non-hydrogen) atoms. The van der Waals surface area contributed by atoms with Crippen molar-refractivity contribution in [3.05, 3.63) is 87.9 Å². The zero-order valence-corrected chi connectivity index (χ0v) is 22.0. The maximum absolute atomic E-state index is 14.2. The third-order valence-corrected chi connectivity index (χ3v) is 7.57. The molecule has 0 aliphatic rings. The zero-order chi connectivity index (χ0) is 26.4. The van der Waals surface area contributed by atoms with Gasteiger partial charge in [0.05, 0.1) is 32.9 Å². The number of nitrogens with zero attached hydrogens (tertiary/aromatic N) is 2. The van der Waals surface area contributed by atoms with E-state index in [-0.39, 0.29) is 15.7 Å². The number of sulfone groups is 1. The lowest BCUT2D eigenvalue weighted by Crippen LogP contribution is -2.15. The van der Waals surface area contributed by atoms with Gasteiger partial charge in [0.15, 0.2) is 9.84 Å². The number of aliphatic hydroxyl groups excluding tert-OH is 1. The second-order valence-electron chi connectivity index (χ2n) is 8.90. The van der Waals surface area contributed by atoms with Crippen molar-refractivity contribution < 1.29 is 23.0 Å². The molecule has 0 radical (unpaired) electrons. The van der Waals surface area contributed by atoms with E-state index in [0.29, 0.717) is 38.7 Å². The minimum absolute atomic E-state index is 0.0372. The Morgan fingerprint density at radius 3 is 2.33 bits per heavy atom. The molecule has 2 N–H and O–H groups in total. The summed E-state index contributed by atoms with van der Waals surface area (Å²) in [6.45, 7) is 2.76. The van der Waals surface area contributed by atoms with E-state index in [2.05, 4.69) is 4.98 Å². The Labute approximate surface area is 218 Å². The van der Waals surface area contributed by atoms with Crippen LogP contribution < -0.4 is 0 Å². The Kier molecular flexibility index (Phi) is 7.02. The fraction of sp³-hybridized carbons (Fsp3) is 0.192. The molecule has 0 bridgehead atoms. The number of hydrogen-bond donors (Lipinski definition) is 2. The van der Waals surface area contributed by atoms with Gasteiger partial charge in [-0.2, -0.15) is 0 Å². The van der Waals surface area contributed by atoms with Crippen molar-refractivity contribution in [3.63, 3.8) is 0 Å². The predicted octanol–water partition coefficient (Wildman–Crippen LogP) is 5.78. The number of halogens is 3. The molecule has 188 valence electrons. The van der Waals surface area contributed by atoms with E-state index in [1.54, 1.807) is 61.0 Å². The maximum Gasteiger partial charge on any atom is 0.175 e. The smallest absolute Gasteiger partial charge is 0.175 e. The number of benzene rings is 3. The molecule has 1 heterocycles. The van der Waals surface area contributed by atoms with Gasteiger partial charge in [-0.15, -0.1) is 0 Å². The molecule has 4 aromatic rings. The Hall–Kier alpha value is -2.75. The average molecular weight is 549 g/mol. The molecule has 10 heteroatoms. The van der Waals surface area contributed by atoms with Gasteiger partial charge < -0.3 is 10.2 Å². The van der Waals surface area contributed by atoms with Gasteiger partial charge >= 0.3 is 0 Å². The number of aliphatic hydroxyl groups is 2.